The molecule has 0 unspecified atom stereocenters. The van der Waals surface area contributed by atoms with Crippen molar-refractivity contribution in [2.24, 2.45) is 4.99 Å². The summed E-state index contributed by atoms with van der Waals surface area (Å²) >= 11 is 0. The minimum Gasteiger partial charge on any atom is -0.493 e. The number of benzene rings is 1. The average molecular weight is 486 g/mol. The Bertz CT molecular complexity index is 1360. The molecule has 0 atom stereocenters. The number of nitrogens with zero attached hydrogens (tertiary/aromatic N) is 5. The van der Waals surface area contributed by atoms with Crippen LogP contribution in [0.5, 0.6) is 11.5 Å². The van der Waals surface area contributed by atoms with E-state index in [1.54, 1.807) is 26.0 Å². The molecule has 0 amide bonds. The van der Waals surface area contributed by atoms with Gasteiger partial charge in [-0.1, -0.05) is 20.8 Å². The highest BCUT2D eigenvalue weighted by molar-refractivity contribution is 5.97. The van der Waals surface area contributed by atoms with E-state index in [-0.39, 0.29) is 42.3 Å². The molecule has 3 aromatic rings. The van der Waals surface area contributed by atoms with Gasteiger partial charge in [0.15, 0.2) is 28.6 Å². The van der Waals surface area contributed by atoms with Gasteiger partial charge >= 0.3 is 5.97 Å². The molecule has 0 saturated heterocycles. The van der Waals surface area contributed by atoms with Crippen molar-refractivity contribution in [2.75, 3.05) is 27.4 Å². The molecule has 2 N–H and O–H groups in total. The van der Waals surface area contributed by atoms with Crippen LogP contribution in [0.15, 0.2) is 17.1 Å². The van der Waals surface area contributed by atoms with Crippen LogP contribution in [0.25, 0.3) is 5.65 Å². The lowest BCUT2D eigenvalue weighted by molar-refractivity contribution is 0.0687. The lowest BCUT2D eigenvalue weighted by Crippen LogP contribution is -2.28. The number of carboxylic acid groups (broad SMARTS) is 1. The van der Waals surface area contributed by atoms with Crippen molar-refractivity contribution in [3.63, 3.8) is 0 Å². The minimum atomic E-state index is -1.16. The number of hydrogen-bond donors (Lipinski definition) is 2. The molecule has 35 heavy (non-hydrogen) atoms. The zero-order valence-electron chi connectivity index (χ0n) is 21.0. The number of ketones is 1. The number of carbonyl (C=O) groups is 2. The number of fused-ring (bicyclic) bond motifs is 1. The molecule has 0 fully saturated rings. The van der Waals surface area contributed by atoms with Gasteiger partial charge in [-0.05, 0) is 37.0 Å². The Hall–Kier alpha value is -3.73. The van der Waals surface area contributed by atoms with Gasteiger partial charge in [-0.2, -0.15) is 9.61 Å². The molecule has 2 aromatic heterocycles. The normalized spacial score (nSPS) is 12.3. The number of aliphatic hydroxyl groups is 1. The first kappa shape index (κ1) is 25.9. The Morgan fingerprint density at radius 2 is 1.83 bits per heavy atom. The lowest BCUT2D eigenvalue weighted by Gasteiger charge is -2.25. The molecule has 0 aliphatic rings. The van der Waals surface area contributed by atoms with Crippen LogP contribution in [0.3, 0.4) is 0 Å². The molecule has 1 aromatic carbocycles. The Morgan fingerprint density at radius 3 is 2.37 bits per heavy atom. The largest absolute Gasteiger partial charge is 0.493 e. The average Bonchev–Trinajstić information content (AvgIpc) is 3.15. The number of aryl methyl sites for hydroxylation is 1. The van der Waals surface area contributed by atoms with E-state index in [9.17, 15) is 19.8 Å². The fraction of sp³-hybridized carbons (Fsp3) is 0.458. The van der Waals surface area contributed by atoms with E-state index in [0.29, 0.717) is 33.8 Å². The molecule has 0 radical (unpaired) electrons. The van der Waals surface area contributed by atoms with E-state index < -0.39 is 5.97 Å². The number of carbonyl (C=O) groups excluding carboxylic acids is 1. The molecule has 0 aliphatic heterocycles. The number of carboxylic acids is 1. The number of Topliss-reactive ketones (excluding diaryl/α,β-unsaturated/α-hetero) is 1. The van der Waals surface area contributed by atoms with Crippen LogP contribution in [0.1, 0.15) is 58.3 Å². The van der Waals surface area contributed by atoms with Crippen LogP contribution >= 0.6 is 0 Å². The first-order valence-corrected chi connectivity index (χ1v) is 11.1. The Labute approximate surface area is 202 Å². The second-order valence-corrected chi connectivity index (χ2v) is 9.12. The van der Waals surface area contributed by atoms with E-state index in [2.05, 4.69) is 15.2 Å². The van der Waals surface area contributed by atoms with Crippen LogP contribution in [-0.2, 0) is 12.0 Å². The summed E-state index contributed by atoms with van der Waals surface area (Å²) in [7, 11) is 3.05. The summed E-state index contributed by atoms with van der Waals surface area (Å²) < 4.78 is 14.0. The lowest BCUT2D eigenvalue weighted by atomic mass is 9.84. The van der Waals surface area contributed by atoms with Gasteiger partial charge < -0.3 is 19.7 Å². The quantitative estimate of drug-likeness (QED) is 0.461. The number of ether oxygens (including phenoxy) is 2. The summed E-state index contributed by atoms with van der Waals surface area (Å²) in [5.41, 5.74) is 2.47. The van der Waals surface area contributed by atoms with Gasteiger partial charge in [-0.15, -0.1) is 5.10 Å². The molecule has 0 spiro atoms. The van der Waals surface area contributed by atoms with Crippen molar-refractivity contribution >= 4 is 17.4 Å². The number of aliphatic hydroxyl groups excluding tert-OH is 1. The number of aromatic nitrogens is 4. The molecule has 11 heteroatoms. The second-order valence-electron chi connectivity index (χ2n) is 9.12. The molecule has 188 valence electrons. The number of hydrogen-bond acceptors (Lipinski definition) is 8. The van der Waals surface area contributed by atoms with Gasteiger partial charge in [0.1, 0.15) is 13.2 Å². The van der Waals surface area contributed by atoms with E-state index in [1.807, 2.05) is 20.8 Å². The van der Waals surface area contributed by atoms with E-state index in [4.69, 9.17) is 9.47 Å². The highest BCUT2D eigenvalue weighted by Gasteiger charge is 2.26. The molecule has 0 bridgehead atoms. The summed E-state index contributed by atoms with van der Waals surface area (Å²) in [6.45, 7) is 9.11. The molecule has 0 saturated carbocycles. The van der Waals surface area contributed by atoms with Crippen LogP contribution in [-0.4, -0.2) is 68.7 Å². The number of methoxy groups -OCH3 is 1. The first-order valence-electron chi connectivity index (χ1n) is 11.1. The molecule has 0 aliphatic carbocycles. The molecule has 3 rings (SSSR count). The maximum absolute atomic E-state index is 13.4. The predicted molar refractivity (Wildman–Crippen MR) is 128 cm³/mol. The second kappa shape index (κ2) is 9.87. The Kier molecular flexibility index (Phi) is 7.30. The zero-order valence-corrected chi connectivity index (χ0v) is 21.0. The van der Waals surface area contributed by atoms with Gasteiger partial charge in [0.2, 0.25) is 5.62 Å². The molecular weight excluding hydrogens is 454 g/mol. The van der Waals surface area contributed by atoms with Crippen molar-refractivity contribution in [1.82, 2.24) is 19.4 Å². The third kappa shape index (κ3) is 4.90. The molecular formula is C24H31N5O6. The standard InChI is InChI=1S/C24H31N5O6/c1-13-14(2)21-27-28(23(25-6)29(21)26-19(13)22(32)33)12-17(31)15-10-16(24(3,4)5)20(34-7)18(11-15)35-9-8-30/h10-11,30H,8-9,12H2,1-7H3,(H,32,33). The summed E-state index contributed by atoms with van der Waals surface area (Å²) in [6.07, 6.45) is 0. The van der Waals surface area contributed by atoms with Crippen LogP contribution < -0.4 is 15.1 Å². The monoisotopic (exact) mass is 485 g/mol. The number of rotatable bonds is 8. The highest BCUT2D eigenvalue weighted by Crippen LogP contribution is 2.40. The van der Waals surface area contributed by atoms with Crippen LogP contribution in [0, 0.1) is 13.8 Å². The summed E-state index contributed by atoms with van der Waals surface area (Å²) in [6, 6.07) is 3.35. The van der Waals surface area contributed by atoms with E-state index in [0.717, 1.165) is 5.56 Å². The maximum atomic E-state index is 13.4. The van der Waals surface area contributed by atoms with Gasteiger partial charge in [-0.25, -0.2) is 9.48 Å². The third-order valence-electron chi connectivity index (χ3n) is 5.72. The molecule has 11 nitrogen and oxygen atoms in total. The van der Waals surface area contributed by atoms with Gasteiger partial charge in [0.05, 0.1) is 13.7 Å². The van der Waals surface area contributed by atoms with Crippen LogP contribution in [0.2, 0.25) is 0 Å². The highest BCUT2D eigenvalue weighted by atomic mass is 16.5. The van der Waals surface area contributed by atoms with E-state index in [1.165, 1.54) is 23.4 Å². The Balaban J connectivity index is 2.14. The van der Waals surface area contributed by atoms with Crippen molar-refractivity contribution in [3.05, 3.63) is 45.7 Å². The predicted octanol–water partition coefficient (Wildman–Crippen LogP) is 1.94. The van der Waals surface area contributed by atoms with Crippen molar-refractivity contribution < 1.29 is 29.3 Å². The zero-order chi connectivity index (χ0) is 26.1. The van der Waals surface area contributed by atoms with Crippen molar-refractivity contribution in [1.29, 1.82) is 0 Å². The van der Waals surface area contributed by atoms with Crippen LogP contribution in [0.4, 0.5) is 0 Å². The van der Waals surface area contributed by atoms with Gasteiger partial charge in [0.25, 0.3) is 0 Å². The van der Waals surface area contributed by atoms with E-state index >= 15 is 0 Å². The summed E-state index contributed by atoms with van der Waals surface area (Å²) in [4.78, 5) is 29.3. The van der Waals surface area contributed by atoms with Crippen molar-refractivity contribution in [3.8, 4) is 11.5 Å². The third-order valence-corrected chi connectivity index (χ3v) is 5.72. The van der Waals surface area contributed by atoms with Gasteiger partial charge in [0, 0.05) is 23.7 Å². The fourth-order valence-electron chi connectivity index (χ4n) is 3.79. The first-order chi connectivity index (χ1) is 16.4. The number of aromatic carboxylic acids is 1. The molecule has 2 heterocycles. The van der Waals surface area contributed by atoms with Crippen molar-refractivity contribution in [2.45, 2.75) is 46.6 Å². The fourth-order valence-corrected chi connectivity index (χ4v) is 3.79. The maximum Gasteiger partial charge on any atom is 0.356 e. The summed E-state index contributed by atoms with van der Waals surface area (Å²) in [5, 5.41) is 27.4. The van der Waals surface area contributed by atoms with Gasteiger partial charge in [-0.3, -0.25) is 9.79 Å². The SMILES string of the molecule is CN=c1n(CC(=O)c2cc(OCCO)c(OC)c(C(C)(C)C)c2)nc2c(C)c(C)c(C(=O)O)nn12. The topological polar surface area (TPSA) is 141 Å². The summed E-state index contributed by atoms with van der Waals surface area (Å²) in [5.74, 6) is -0.562. The Morgan fingerprint density at radius 1 is 1.14 bits per heavy atom. The minimum absolute atomic E-state index is 0.0494. The smallest absolute Gasteiger partial charge is 0.356 e.